The summed E-state index contributed by atoms with van der Waals surface area (Å²) in [6.07, 6.45) is -2.45. The second-order valence-electron chi connectivity index (χ2n) is 8.19. The van der Waals surface area contributed by atoms with E-state index in [1.165, 1.54) is 6.07 Å². The smallest absolute Gasteiger partial charge is 0.353 e. The number of alkyl halides is 3. The first-order valence-electron chi connectivity index (χ1n) is 10.1. The third-order valence-electron chi connectivity index (χ3n) is 5.70. The van der Waals surface area contributed by atoms with Gasteiger partial charge in [0.05, 0.1) is 5.56 Å². The minimum absolute atomic E-state index is 0.0211. The highest BCUT2D eigenvalue weighted by atomic mass is 19.4. The molecule has 3 aromatic rings. The molecule has 1 N–H and O–H groups in total. The Bertz CT molecular complexity index is 1040. The van der Waals surface area contributed by atoms with Crippen LogP contribution in [-0.4, -0.2) is 16.5 Å². The number of halogens is 3. The van der Waals surface area contributed by atoms with Crippen LogP contribution in [0.15, 0.2) is 54.7 Å². The van der Waals surface area contributed by atoms with Gasteiger partial charge in [-0.1, -0.05) is 50.2 Å². The Morgan fingerprint density at radius 1 is 1.07 bits per heavy atom. The van der Waals surface area contributed by atoms with Gasteiger partial charge in [-0.2, -0.15) is 13.2 Å². The molecule has 1 aromatic heterocycles. The van der Waals surface area contributed by atoms with Gasteiger partial charge in [-0.25, -0.2) is 0 Å². The first kappa shape index (κ1) is 21.9. The van der Waals surface area contributed by atoms with Crippen LogP contribution in [0.25, 0.3) is 10.9 Å². The Hall–Kier alpha value is -2.76. The number of carbonyl (C=O) groups excluding carboxylic acids is 1. The van der Waals surface area contributed by atoms with Gasteiger partial charge in [0.2, 0.25) is 5.91 Å². The second-order valence-corrected chi connectivity index (χ2v) is 8.19. The molecule has 2 aromatic carbocycles. The number of aryl methyl sites for hydroxylation is 1. The summed E-state index contributed by atoms with van der Waals surface area (Å²) in [6.45, 7) is 5.96. The molecular weight excluding hydrogens is 389 g/mol. The summed E-state index contributed by atoms with van der Waals surface area (Å²) in [5.74, 6) is -0.400. The average Bonchev–Trinajstić information content (AvgIpc) is 3.02. The largest absolute Gasteiger partial charge is 0.416 e. The van der Waals surface area contributed by atoms with E-state index in [0.717, 1.165) is 28.6 Å². The quantitative estimate of drug-likeness (QED) is 0.535. The van der Waals surface area contributed by atoms with Crippen LogP contribution < -0.4 is 5.32 Å². The topological polar surface area (TPSA) is 34.0 Å². The van der Waals surface area contributed by atoms with Crippen molar-refractivity contribution in [3.63, 3.8) is 0 Å². The van der Waals surface area contributed by atoms with E-state index in [0.29, 0.717) is 5.56 Å². The normalized spacial score (nSPS) is 14.1. The van der Waals surface area contributed by atoms with Crippen LogP contribution in [0.5, 0.6) is 0 Å². The highest BCUT2D eigenvalue weighted by molar-refractivity contribution is 5.86. The molecule has 0 spiro atoms. The van der Waals surface area contributed by atoms with Crippen molar-refractivity contribution in [3.8, 4) is 0 Å². The van der Waals surface area contributed by atoms with Gasteiger partial charge >= 0.3 is 6.18 Å². The molecule has 0 unspecified atom stereocenters. The molecular formula is C24H27F3N2O. The zero-order valence-corrected chi connectivity index (χ0v) is 17.6. The Balaban J connectivity index is 2.06. The molecule has 30 heavy (non-hydrogen) atoms. The number of fused-ring (bicyclic) bond motifs is 1. The number of rotatable bonds is 6. The minimum atomic E-state index is -4.44. The van der Waals surface area contributed by atoms with Gasteiger partial charge in [0.15, 0.2) is 0 Å². The molecule has 3 nitrogen and oxygen atoms in total. The van der Waals surface area contributed by atoms with Crippen molar-refractivity contribution in [2.45, 2.75) is 45.3 Å². The number of nitrogens with zero attached hydrogens (tertiary/aromatic N) is 1. The summed E-state index contributed by atoms with van der Waals surface area (Å²) in [7, 11) is 1.90. The van der Waals surface area contributed by atoms with Crippen LogP contribution in [0.3, 0.4) is 0 Å². The number of aromatic nitrogens is 1. The molecule has 0 aliphatic heterocycles. The van der Waals surface area contributed by atoms with Gasteiger partial charge in [-0.15, -0.1) is 0 Å². The molecule has 0 bridgehead atoms. The van der Waals surface area contributed by atoms with Gasteiger partial charge < -0.3 is 9.88 Å². The molecule has 3 rings (SSSR count). The maximum Gasteiger partial charge on any atom is 0.416 e. The van der Waals surface area contributed by atoms with Crippen LogP contribution in [0.2, 0.25) is 0 Å². The highest BCUT2D eigenvalue weighted by Crippen LogP contribution is 2.37. The van der Waals surface area contributed by atoms with E-state index in [1.807, 2.05) is 62.8 Å². The predicted octanol–water partition coefficient (Wildman–Crippen LogP) is 5.88. The lowest BCUT2D eigenvalue weighted by atomic mass is 9.87. The maximum absolute atomic E-state index is 13.3. The molecule has 160 valence electrons. The summed E-state index contributed by atoms with van der Waals surface area (Å²) in [5, 5.41) is 3.92. The molecule has 0 aliphatic rings. The van der Waals surface area contributed by atoms with Crippen molar-refractivity contribution < 1.29 is 18.0 Å². The van der Waals surface area contributed by atoms with Gasteiger partial charge in [-0.3, -0.25) is 4.79 Å². The van der Waals surface area contributed by atoms with Crippen LogP contribution in [0, 0.1) is 5.92 Å². The standard InChI is InChI=1S/C24H27F3N2O/c1-15(2)16(3)28-23(30)13-20(17-8-7-9-18(12-17)24(25,26)27)21-14-29(4)22-11-6-5-10-19(21)22/h5-12,14-16,20H,13H2,1-4H3,(H,28,30)/t16-,20+/m0/s1. The molecule has 2 atom stereocenters. The van der Waals surface area contributed by atoms with Gasteiger partial charge in [0.25, 0.3) is 0 Å². The number of amides is 1. The number of para-hydroxylation sites is 1. The molecule has 0 saturated heterocycles. The fourth-order valence-corrected chi connectivity index (χ4v) is 3.65. The van der Waals surface area contributed by atoms with Crippen molar-refractivity contribution in [2.24, 2.45) is 13.0 Å². The molecule has 1 amide bonds. The van der Waals surface area contributed by atoms with Crippen LogP contribution in [0.4, 0.5) is 13.2 Å². The van der Waals surface area contributed by atoms with Gasteiger partial charge in [0.1, 0.15) is 0 Å². The Morgan fingerprint density at radius 2 is 1.77 bits per heavy atom. The molecule has 0 fully saturated rings. The van der Waals surface area contributed by atoms with Gasteiger partial charge in [-0.05, 0) is 36.1 Å². The van der Waals surface area contributed by atoms with Crippen molar-refractivity contribution >= 4 is 16.8 Å². The number of hydrogen-bond donors (Lipinski definition) is 1. The zero-order chi connectivity index (χ0) is 22.1. The first-order valence-corrected chi connectivity index (χ1v) is 10.1. The van der Waals surface area contributed by atoms with Crippen LogP contribution in [-0.2, 0) is 18.0 Å². The summed E-state index contributed by atoms with van der Waals surface area (Å²) in [5.41, 5.74) is 1.59. The van der Waals surface area contributed by atoms with Crippen molar-refractivity contribution in [1.29, 1.82) is 0 Å². The van der Waals surface area contributed by atoms with E-state index in [-0.39, 0.29) is 24.3 Å². The zero-order valence-electron chi connectivity index (χ0n) is 17.6. The third-order valence-corrected chi connectivity index (χ3v) is 5.70. The lowest BCUT2D eigenvalue weighted by molar-refractivity contribution is -0.137. The number of benzene rings is 2. The fourth-order valence-electron chi connectivity index (χ4n) is 3.65. The molecule has 0 aliphatic carbocycles. The summed E-state index contributed by atoms with van der Waals surface area (Å²) >= 11 is 0. The third kappa shape index (κ3) is 4.69. The second kappa shape index (κ2) is 8.54. The summed E-state index contributed by atoms with van der Waals surface area (Å²) in [6, 6.07) is 13.0. The number of nitrogens with one attached hydrogen (secondary N) is 1. The SMILES string of the molecule is CC(C)[C@H](C)NC(=O)C[C@H](c1cccc(C(F)(F)F)c1)c1cn(C)c2ccccc12. The van der Waals surface area contributed by atoms with E-state index < -0.39 is 17.7 Å². The Labute approximate surface area is 174 Å². The van der Waals surface area contributed by atoms with E-state index in [4.69, 9.17) is 0 Å². The number of carbonyl (C=O) groups is 1. The Morgan fingerprint density at radius 3 is 2.43 bits per heavy atom. The average molecular weight is 416 g/mol. The predicted molar refractivity (Wildman–Crippen MR) is 113 cm³/mol. The van der Waals surface area contributed by atoms with Crippen molar-refractivity contribution in [3.05, 3.63) is 71.4 Å². The summed E-state index contributed by atoms with van der Waals surface area (Å²) in [4.78, 5) is 12.8. The maximum atomic E-state index is 13.3. The molecule has 1 heterocycles. The molecule has 0 saturated carbocycles. The summed E-state index contributed by atoms with van der Waals surface area (Å²) < 4.78 is 41.9. The van der Waals surface area contributed by atoms with Crippen molar-refractivity contribution in [1.82, 2.24) is 9.88 Å². The molecule has 0 radical (unpaired) electrons. The van der Waals surface area contributed by atoms with Crippen LogP contribution in [0.1, 0.15) is 49.8 Å². The van der Waals surface area contributed by atoms with E-state index in [2.05, 4.69) is 5.32 Å². The molecule has 6 heteroatoms. The van der Waals surface area contributed by atoms with E-state index in [1.54, 1.807) is 6.07 Å². The Kier molecular flexibility index (Phi) is 6.25. The lowest BCUT2D eigenvalue weighted by Gasteiger charge is -2.22. The van der Waals surface area contributed by atoms with Crippen molar-refractivity contribution in [2.75, 3.05) is 0 Å². The van der Waals surface area contributed by atoms with E-state index >= 15 is 0 Å². The highest BCUT2D eigenvalue weighted by Gasteiger charge is 2.32. The fraction of sp³-hybridized carbons (Fsp3) is 0.375. The monoisotopic (exact) mass is 416 g/mol. The van der Waals surface area contributed by atoms with E-state index in [9.17, 15) is 18.0 Å². The van der Waals surface area contributed by atoms with Crippen LogP contribution >= 0.6 is 0 Å². The van der Waals surface area contributed by atoms with Gasteiger partial charge in [0, 0.05) is 42.5 Å². The first-order chi connectivity index (χ1) is 14.1. The lowest BCUT2D eigenvalue weighted by Crippen LogP contribution is -2.36. The minimum Gasteiger partial charge on any atom is -0.353 e. The number of hydrogen-bond acceptors (Lipinski definition) is 1.